The lowest BCUT2D eigenvalue weighted by molar-refractivity contribution is -0.114. The van der Waals surface area contributed by atoms with Crippen molar-refractivity contribution < 1.29 is 9.53 Å². The Balaban J connectivity index is 2.72. The molecule has 0 aliphatic rings. The van der Waals surface area contributed by atoms with E-state index in [1.165, 1.54) is 0 Å². The number of nitrogens with two attached hydrogens (primary N) is 1. The molecule has 15 heavy (non-hydrogen) atoms. The summed E-state index contributed by atoms with van der Waals surface area (Å²) < 4.78 is 4.99. The normalized spacial score (nSPS) is 10.0. The standard InChI is InChI=1S/C11H16N2O2/c1-15-7-6-9-4-2-3-5-10(9)13-11(14)8-12/h2-5H,6-8,12H2,1H3,(H,13,14). The van der Waals surface area contributed by atoms with Crippen LogP contribution in [0.4, 0.5) is 5.69 Å². The molecule has 82 valence electrons. The van der Waals surface area contributed by atoms with E-state index in [0.717, 1.165) is 17.7 Å². The largest absolute Gasteiger partial charge is 0.384 e. The highest BCUT2D eigenvalue weighted by atomic mass is 16.5. The molecule has 1 rings (SSSR count). The van der Waals surface area contributed by atoms with Crippen LogP contribution in [0.3, 0.4) is 0 Å². The maximum Gasteiger partial charge on any atom is 0.238 e. The van der Waals surface area contributed by atoms with Crippen molar-refractivity contribution in [2.75, 3.05) is 25.6 Å². The molecule has 3 N–H and O–H groups in total. The molecule has 0 saturated carbocycles. The Morgan fingerprint density at radius 1 is 1.47 bits per heavy atom. The fourth-order valence-corrected chi connectivity index (χ4v) is 1.27. The average molecular weight is 208 g/mol. The van der Waals surface area contributed by atoms with E-state index in [0.29, 0.717) is 6.61 Å². The molecule has 0 aliphatic carbocycles. The van der Waals surface area contributed by atoms with Gasteiger partial charge < -0.3 is 15.8 Å². The summed E-state index contributed by atoms with van der Waals surface area (Å²) in [6.45, 7) is 0.633. The van der Waals surface area contributed by atoms with E-state index < -0.39 is 0 Å². The van der Waals surface area contributed by atoms with E-state index in [4.69, 9.17) is 10.5 Å². The molecule has 0 aliphatic heterocycles. The molecule has 0 bridgehead atoms. The zero-order chi connectivity index (χ0) is 11.1. The quantitative estimate of drug-likeness (QED) is 0.751. The topological polar surface area (TPSA) is 64.3 Å². The number of carbonyl (C=O) groups is 1. The predicted octanol–water partition coefficient (Wildman–Crippen LogP) is 0.773. The van der Waals surface area contributed by atoms with Crippen molar-refractivity contribution in [3.63, 3.8) is 0 Å². The maximum atomic E-state index is 11.1. The van der Waals surface area contributed by atoms with Gasteiger partial charge >= 0.3 is 0 Å². The zero-order valence-electron chi connectivity index (χ0n) is 8.82. The lowest BCUT2D eigenvalue weighted by Gasteiger charge is -2.09. The number of para-hydroxylation sites is 1. The van der Waals surface area contributed by atoms with Crippen LogP contribution in [0.5, 0.6) is 0 Å². The number of hydrogen-bond acceptors (Lipinski definition) is 3. The number of nitrogens with one attached hydrogen (secondary N) is 1. The molecule has 4 heteroatoms. The first kappa shape index (κ1) is 11.7. The number of anilines is 1. The van der Waals surface area contributed by atoms with Gasteiger partial charge in [0.15, 0.2) is 0 Å². The molecule has 4 nitrogen and oxygen atoms in total. The molecule has 1 amide bonds. The van der Waals surface area contributed by atoms with Crippen molar-refractivity contribution in [3.8, 4) is 0 Å². The van der Waals surface area contributed by atoms with Gasteiger partial charge in [-0.2, -0.15) is 0 Å². The second kappa shape index (κ2) is 6.16. The second-order valence-corrected chi connectivity index (χ2v) is 3.15. The summed E-state index contributed by atoms with van der Waals surface area (Å²) in [6.07, 6.45) is 0.775. The van der Waals surface area contributed by atoms with Crippen molar-refractivity contribution in [1.82, 2.24) is 0 Å². The van der Waals surface area contributed by atoms with Gasteiger partial charge in [0, 0.05) is 12.8 Å². The first-order valence-corrected chi connectivity index (χ1v) is 4.84. The SMILES string of the molecule is COCCc1ccccc1NC(=O)CN. The molecule has 0 heterocycles. The molecule has 1 aromatic rings. The number of rotatable bonds is 5. The van der Waals surface area contributed by atoms with Crippen molar-refractivity contribution in [1.29, 1.82) is 0 Å². The number of amides is 1. The summed E-state index contributed by atoms with van der Waals surface area (Å²) in [5.41, 5.74) is 7.10. The molecule has 0 unspecified atom stereocenters. The van der Waals surface area contributed by atoms with Gasteiger partial charge in [-0.05, 0) is 18.1 Å². The second-order valence-electron chi connectivity index (χ2n) is 3.15. The Hall–Kier alpha value is -1.39. The van der Waals surface area contributed by atoms with Crippen LogP contribution in [0, 0.1) is 0 Å². The Labute approximate surface area is 89.4 Å². The minimum atomic E-state index is -0.181. The fraction of sp³-hybridized carbons (Fsp3) is 0.364. The van der Waals surface area contributed by atoms with E-state index in [-0.39, 0.29) is 12.5 Å². The molecule has 0 saturated heterocycles. The van der Waals surface area contributed by atoms with Gasteiger partial charge in [0.2, 0.25) is 5.91 Å². The van der Waals surface area contributed by atoms with Crippen LogP contribution in [0.25, 0.3) is 0 Å². The summed E-state index contributed by atoms with van der Waals surface area (Å²) in [6, 6.07) is 7.63. The van der Waals surface area contributed by atoms with Crippen LogP contribution in [-0.4, -0.2) is 26.2 Å². The van der Waals surface area contributed by atoms with E-state index >= 15 is 0 Å². The van der Waals surface area contributed by atoms with Crippen LogP contribution in [0.1, 0.15) is 5.56 Å². The van der Waals surface area contributed by atoms with E-state index in [9.17, 15) is 4.79 Å². The van der Waals surface area contributed by atoms with E-state index in [2.05, 4.69) is 5.32 Å². The Bertz CT molecular complexity index is 326. The number of benzene rings is 1. The summed E-state index contributed by atoms with van der Waals surface area (Å²) in [5.74, 6) is -0.181. The van der Waals surface area contributed by atoms with Crippen LogP contribution in [-0.2, 0) is 16.0 Å². The average Bonchev–Trinajstić information content (AvgIpc) is 2.28. The molecule has 0 spiro atoms. The van der Waals surface area contributed by atoms with Gasteiger partial charge in [0.25, 0.3) is 0 Å². The molecule has 0 fully saturated rings. The number of methoxy groups -OCH3 is 1. The third-order valence-electron chi connectivity index (χ3n) is 2.05. The van der Waals surface area contributed by atoms with Crippen LogP contribution >= 0.6 is 0 Å². The highest BCUT2D eigenvalue weighted by Gasteiger charge is 2.04. The van der Waals surface area contributed by atoms with Gasteiger partial charge in [0.05, 0.1) is 13.2 Å². The van der Waals surface area contributed by atoms with Crippen LogP contribution < -0.4 is 11.1 Å². The van der Waals surface area contributed by atoms with Gasteiger partial charge in [-0.15, -0.1) is 0 Å². The molecular weight excluding hydrogens is 192 g/mol. The number of ether oxygens (including phenoxy) is 1. The monoisotopic (exact) mass is 208 g/mol. The van der Waals surface area contributed by atoms with E-state index in [1.54, 1.807) is 7.11 Å². The molecule has 1 aromatic carbocycles. The lowest BCUT2D eigenvalue weighted by Crippen LogP contribution is -2.22. The lowest BCUT2D eigenvalue weighted by atomic mass is 10.1. The highest BCUT2D eigenvalue weighted by Crippen LogP contribution is 2.15. The van der Waals surface area contributed by atoms with Gasteiger partial charge in [-0.3, -0.25) is 4.79 Å². The Morgan fingerprint density at radius 2 is 2.20 bits per heavy atom. The van der Waals surface area contributed by atoms with Gasteiger partial charge in [0.1, 0.15) is 0 Å². The third kappa shape index (κ3) is 3.69. The van der Waals surface area contributed by atoms with Crippen molar-refractivity contribution in [2.45, 2.75) is 6.42 Å². The fourth-order valence-electron chi connectivity index (χ4n) is 1.27. The minimum Gasteiger partial charge on any atom is -0.384 e. The third-order valence-corrected chi connectivity index (χ3v) is 2.05. The highest BCUT2D eigenvalue weighted by molar-refractivity contribution is 5.92. The predicted molar refractivity (Wildman–Crippen MR) is 59.7 cm³/mol. The van der Waals surface area contributed by atoms with Crippen molar-refractivity contribution in [3.05, 3.63) is 29.8 Å². The van der Waals surface area contributed by atoms with Gasteiger partial charge in [-0.1, -0.05) is 18.2 Å². The van der Waals surface area contributed by atoms with Crippen molar-refractivity contribution >= 4 is 11.6 Å². The molecule has 0 radical (unpaired) electrons. The summed E-state index contributed by atoms with van der Waals surface area (Å²) in [7, 11) is 1.65. The first-order valence-electron chi connectivity index (χ1n) is 4.84. The Morgan fingerprint density at radius 3 is 2.87 bits per heavy atom. The number of hydrogen-bond donors (Lipinski definition) is 2. The first-order chi connectivity index (χ1) is 7.27. The van der Waals surface area contributed by atoms with E-state index in [1.807, 2.05) is 24.3 Å². The minimum absolute atomic E-state index is 0.00138. The number of carbonyl (C=O) groups excluding carboxylic acids is 1. The smallest absolute Gasteiger partial charge is 0.238 e. The summed E-state index contributed by atoms with van der Waals surface area (Å²) >= 11 is 0. The van der Waals surface area contributed by atoms with Gasteiger partial charge in [-0.25, -0.2) is 0 Å². The molecule has 0 aromatic heterocycles. The van der Waals surface area contributed by atoms with Crippen molar-refractivity contribution in [2.24, 2.45) is 5.73 Å². The molecular formula is C11H16N2O2. The molecule has 0 atom stereocenters. The zero-order valence-corrected chi connectivity index (χ0v) is 8.82. The van der Waals surface area contributed by atoms with Crippen LogP contribution in [0.15, 0.2) is 24.3 Å². The van der Waals surface area contributed by atoms with Crippen LogP contribution in [0.2, 0.25) is 0 Å². The summed E-state index contributed by atoms with van der Waals surface area (Å²) in [4.78, 5) is 11.1. The summed E-state index contributed by atoms with van der Waals surface area (Å²) in [5, 5.41) is 2.75. The maximum absolute atomic E-state index is 11.1. The Kier molecular flexibility index (Phi) is 4.80.